The summed E-state index contributed by atoms with van der Waals surface area (Å²) in [5.74, 6) is 0.298. The molecule has 0 spiro atoms. The minimum atomic E-state index is -0.109. The summed E-state index contributed by atoms with van der Waals surface area (Å²) < 4.78 is 3.25. The molecule has 2 heterocycles. The van der Waals surface area contributed by atoms with Crippen molar-refractivity contribution in [2.24, 2.45) is 5.92 Å². The molecule has 4 rings (SSSR count). The van der Waals surface area contributed by atoms with E-state index in [2.05, 4.69) is 15.4 Å². The topological polar surface area (TPSA) is 81.8 Å². The smallest absolute Gasteiger partial charge is 0.264 e. The molecule has 1 aliphatic rings. The van der Waals surface area contributed by atoms with Crippen LogP contribution in [-0.4, -0.2) is 31.8 Å². The lowest BCUT2D eigenvalue weighted by molar-refractivity contribution is -0.122. The summed E-state index contributed by atoms with van der Waals surface area (Å²) in [6, 6.07) is 9.78. The molecular formula is C18H19N5O2. The molecule has 1 saturated carbocycles. The average Bonchev–Trinajstić information content (AvgIpc) is 3.40. The van der Waals surface area contributed by atoms with E-state index in [1.807, 2.05) is 30.3 Å². The van der Waals surface area contributed by atoms with Gasteiger partial charge in [-0.3, -0.25) is 14.2 Å². The summed E-state index contributed by atoms with van der Waals surface area (Å²) in [6.45, 7) is 1.46. The number of carbonyl (C=O) groups excluding carboxylic acids is 1. The largest absolute Gasteiger partial charge is 0.354 e. The van der Waals surface area contributed by atoms with Crippen LogP contribution in [-0.2, 0) is 17.9 Å². The summed E-state index contributed by atoms with van der Waals surface area (Å²) >= 11 is 0. The van der Waals surface area contributed by atoms with Gasteiger partial charge in [-0.25, -0.2) is 9.67 Å². The van der Waals surface area contributed by atoms with Crippen LogP contribution in [0.3, 0.4) is 0 Å². The first-order chi connectivity index (χ1) is 12.2. The van der Waals surface area contributed by atoms with E-state index in [1.54, 1.807) is 21.8 Å². The van der Waals surface area contributed by atoms with Crippen molar-refractivity contribution < 1.29 is 4.79 Å². The second-order valence-electron chi connectivity index (χ2n) is 6.33. The number of aromatic nitrogens is 4. The highest BCUT2D eigenvalue weighted by Gasteiger charge is 2.29. The standard InChI is InChI=1S/C18H19N5O2/c24-17(14-6-7-14)19-8-9-23-16-15(10-21-23)18(25)22(12-20-16)11-13-4-2-1-3-5-13/h1-5,10,12,14H,6-9,11H2,(H,19,24). The minimum Gasteiger partial charge on any atom is -0.354 e. The van der Waals surface area contributed by atoms with E-state index in [9.17, 15) is 9.59 Å². The fourth-order valence-corrected chi connectivity index (χ4v) is 2.83. The number of nitrogens with zero attached hydrogens (tertiary/aromatic N) is 4. The zero-order valence-electron chi connectivity index (χ0n) is 13.8. The number of hydrogen-bond donors (Lipinski definition) is 1. The Morgan fingerprint density at radius 1 is 1.24 bits per heavy atom. The van der Waals surface area contributed by atoms with Crippen molar-refractivity contribution in [1.29, 1.82) is 0 Å². The molecule has 128 valence electrons. The zero-order chi connectivity index (χ0) is 17.2. The molecule has 1 fully saturated rings. The lowest BCUT2D eigenvalue weighted by Crippen LogP contribution is -2.28. The lowest BCUT2D eigenvalue weighted by atomic mass is 10.2. The molecule has 1 N–H and O–H groups in total. The van der Waals surface area contributed by atoms with Gasteiger partial charge in [-0.2, -0.15) is 5.10 Å². The lowest BCUT2D eigenvalue weighted by Gasteiger charge is -2.07. The predicted molar refractivity (Wildman–Crippen MR) is 93.1 cm³/mol. The molecule has 0 bridgehead atoms. The van der Waals surface area contributed by atoms with Crippen LogP contribution in [0.4, 0.5) is 0 Å². The van der Waals surface area contributed by atoms with E-state index < -0.39 is 0 Å². The SMILES string of the molecule is O=C(NCCn1ncc2c(=O)n(Cc3ccccc3)cnc21)C1CC1. The molecule has 25 heavy (non-hydrogen) atoms. The summed E-state index contributed by atoms with van der Waals surface area (Å²) in [7, 11) is 0. The van der Waals surface area contributed by atoms with Crippen molar-refractivity contribution >= 4 is 16.9 Å². The maximum absolute atomic E-state index is 12.6. The van der Waals surface area contributed by atoms with Gasteiger partial charge in [-0.15, -0.1) is 0 Å². The molecule has 0 saturated heterocycles. The van der Waals surface area contributed by atoms with Crippen LogP contribution in [0.25, 0.3) is 11.0 Å². The van der Waals surface area contributed by atoms with Crippen molar-refractivity contribution in [2.75, 3.05) is 6.54 Å². The van der Waals surface area contributed by atoms with E-state index in [-0.39, 0.29) is 17.4 Å². The first-order valence-electron chi connectivity index (χ1n) is 8.45. The highest BCUT2D eigenvalue weighted by Crippen LogP contribution is 2.28. The van der Waals surface area contributed by atoms with Gasteiger partial charge in [0.1, 0.15) is 11.7 Å². The maximum Gasteiger partial charge on any atom is 0.264 e. The van der Waals surface area contributed by atoms with Crippen molar-refractivity contribution in [3.63, 3.8) is 0 Å². The average molecular weight is 337 g/mol. The summed E-state index contributed by atoms with van der Waals surface area (Å²) in [6.07, 6.45) is 5.07. The Hall–Kier alpha value is -2.96. The third-order valence-electron chi connectivity index (χ3n) is 4.39. The Labute approximate surface area is 144 Å². The number of nitrogens with one attached hydrogen (secondary N) is 1. The first kappa shape index (κ1) is 15.6. The number of fused-ring (bicyclic) bond motifs is 1. The van der Waals surface area contributed by atoms with Gasteiger partial charge in [-0.05, 0) is 18.4 Å². The Morgan fingerprint density at radius 3 is 2.80 bits per heavy atom. The fraction of sp³-hybridized carbons (Fsp3) is 0.333. The van der Waals surface area contributed by atoms with E-state index in [4.69, 9.17) is 0 Å². The fourth-order valence-electron chi connectivity index (χ4n) is 2.83. The molecule has 0 unspecified atom stereocenters. The van der Waals surface area contributed by atoms with Gasteiger partial charge < -0.3 is 5.32 Å². The molecule has 7 nitrogen and oxygen atoms in total. The summed E-state index contributed by atoms with van der Waals surface area (Å²) in [4.78, 5) is 28.7. The van der Waals surface area contributed by atoms with E-state index >= 15 is 0 Å². The normalized spacial score (nSPS) is 13.9. The molecule has 0 atom stereocenters. The third kappa shape index (κ3) is 3.31. The van der Waals surface area contributed by atoms with Crippen LogP contribution in [0.5, 0.6) is 0 Å². The molecule has 7 heteroatoms. The zero-order valence-corrected chi connectivity index (χ0v) is 13.8. The number of benzene rings is 1. The van der Waals surface area contributed by atoms with Crippen LogP contribution in [0, 0.1) is 5.92 Å². The van der Waals surface area contributed by atoms with E-state index in [0.29, 0.717) is 30.7 Å². The van der Waals surface area contributed by atoms with Crippen LogP contribution in [0.1, 0.15) is 18.4 Å². The Bertz CT molecular complexity index is 957. The highest BCUT2D eigenvalue weighted by atomic mass is 16.2. The van der Waals surface area contributed by atoms with Crippen molar-refractivity contribution in [3.05, 3.63) is 58.8 Å². The second kappa shape index (κ2) is 6.51. The van der Waals surface area contributed by atoms with Crippen LogP contribution in [0.15, 0.2) is 47.7 Å². The van der Waals surface area contributed by atoms with Crippen molar-refractivity contribution in [1.82, 2.24) is 24.6 Å². The minimum absolute atomic E-state index is 0.106. The second-order valence-corrected chi connectivity index (χ2v) is 6.33. The first-order valence-corrected chi connectivity index (χ1v) is 8.45. The number of carbonyl (C=O) groups is 1. The quantitative estimate of drug-likeness (QED) is 0.732. The number of amides is 1. The molecular weight excluding hydrogens is 318 g/mol. The number of rotatable bonds is 6. The van der Waals surface area contributed by atoms with E-state index in [1.165, 1.54) is 0 Å². The van der Waals surface area contributed by atoms with Gasteiger partial charge in [0.25, 0.3) is 5.56 Å². The molecule has 1 aliphatic carbocycles. The van der Waals surface area contributed by atoms with Crippen molar-refractivity contribution in [2.45, 2.75) is 25.9 Å². The van der Waals surface area contributed by atoms with Gasteiger partial charge in [0.05, 0.1) is 19.3 Å². The van der Waals surface area contributed by atoms with Gasteiger partial charge in [0, 0.05) is 12.5 Å². The monoisotopic (exact) mass is 337 g/mol. The van der Waals surface area contributed by atoms with Gasteiger partial charge in [0.2, 0.25) is 5.91 Å². The van der Waals surface area contributed by atoms with E-state index in [0.717, 1.165) is 18.4 Å². The Kier molecular flexibility index (Phi) is 4.05. The molecule has 0 radical (unpaired) electrons. The van der Waals surface area contributed by atoms with Gasteiger partial charge >= 0.3 is 0 Å². The summed E-state index contributed by atoms with van der Waals surface area (Å²) in [5, 5.41) is 7.64. The highest BCUT2D eigenvalue weighted by molar-refractivity contribution is 5.80. The predicted octanol–water partition coefficient (Wildman–Crippen LogP) is 1.17. The van der Waals surface area contributed by atoms with Crippen LogP contribution >= 0.6 is 0 Å². The molecule has 0 aliphatic heterocycles. The maximum atomic E-state index is 12.6. The molecule has 1 amide bonds. The molecule has 3 aromatic rings. The van der Waals surface area contributed by atoms with Crippen molar-refractivity contribution in [3.8, 4) is 0 Å². The Balaban J connectivity index is 1.50. The Morgan fingerprint density at radius 2 is 2.04 bits per heavy atom. The van der Waals surface area contributed by atoms with Gasteiger partial charge in [-0.1, -0.05) is 30.3 Å². The summed E-state index contributed by atoms with van der Waals surface area (Å²) in [5.41, 5.74) is 1.48. The molecule has 2 aromatic heterocycles. The third-order valence-corrected chi connectivity index (χ3v) is 4.39. The van der Waals surface area contributed by atoms with Crippen LogP contribution < -0.4 is 10.9 Å². The number of hydrogen-bond acceptors (Lipinski definition) is 4. The van der Waals surface area contributed by atoms with Gasteiger partial charge in [0.15, 0.2) is 5.65 Å². The van der Waals surface area contributed by atoms with Crippen LogP contribution in [0.2, 0.25) is 0 Å². The molecule has 1 aromatic carbocycles.